The van der Waals surface area contributed by atoms with Crippen molar-refractivity contribution in [3.63, 3.8) is 0 Å². The highest BCUT2D eigenvalue weighted by Crippen LogP contribution is 2.44. The highest BCUT2D eigenvalue weighted by Gasteiger charge is 2.26. The number of nitrogens with one attached hydrogen (secondary N) is 1. The lowest BCUT2D eigenvalue weighted by atomic mass is 9.91. The summed E-state index contributed by atoms with van der Waals surface area (Å²) in [5.41, 5.74) is 2.47. The summed E-state index contributed by atoms with van der Waals surface area (Å²) in [5, 5.41) is 3.47. The molecule has 16 heavy (non-hydrogen) atoms. The van der Waals surface area contributed by atoms with E-state index in [-0.39, 0.29) is 0 Å². The average molecular weight is 280 g/mol. The lowest BCUT2D eigenvalue weighted by Gasteiger charge is -2.24. The van der Waals surface area contributed by atoms with Gasteiger partial charge in [0.15, 0.2) is 0 Å². The third-order valence-corrected chi connectivity index (χ3v) is 4.64. The van der Waals surface area contributed by atoms with Crippen molar-refractivity contribution >= 4 is 34.5 Å². The molecule has 5 heteroatoms. The van der Waals surface area contributed by atoms with E-state index in [1.165, 1.54) is 28.9 Å². The first-order valence-electron chi connectivity index (χ1n) is 5.43. The van der Waals surface area contributed by atoms with E-state index in [0.29, 0.717) is 6.04 Å². The normalized spacial score (nSPS) is 19.8. The van der Waals surface area contributed by atoms with Gasteiger partial charge in [0.2, 0.25) is 0 Å². The Morgan fingerprint density at radius 1 is 1.44 bits per heavy atom. The van der Waals surface area contributed by atoms with Gasteiger partial charge in [0.1, 0.15) is 0 Å². The summed E-state index contributed by atoms with van der Waals surface area (Å²) in [4.78, 5) is 0. The van der Waals surface area contributed by atoms with E-state index in [4.69, 9.17) is 27.9 Å². The molecule has 2 nitrogen and oxygen atoms in total. The smallest absolute Gasteiger partial charge is 0.0994 e. The zero-order valence-corrected chi connectivity index (χ0v) is 11.5. The fourth-order valence-electron chi connectivity index (χ4n) is 2.17. The quantitative estimate of drug-likeness (QED) is 0.850. The van der Waals surface area contributed by atoms with Crippen molar-refractivity contribution in [1.82, 2.24) is 5.32 Å². The minimum Gasteiger partial charge on any atom is -0.383 e. The van der Waals surface area contributed by atoms with E-state index < -0.39 is 0 Å². The summed E-state index contributed by atoms with van der Waals surface area (Å²) < 4.78 is 6.74. The zero-order valence-electron chi connectivity index (χ0n) is 9.19. The van der Waals surface area contributed by atoms with E-state index in [1.54, 1.807) is 7.11 Å². The molecule has 0 aliphatic heterocycles. The topological polar surface area (TPSA) is 21.3 Å². The summed E-state index contributed by atoms with van der Waals surface area (Å²) in [7, 11) is 1.71. The molecule has 0 radical (unpaired) electrons. The standard InChI is InChI=1S/C11H15Cl2NOS/c1-15-6-5-14-8-4-2-3-7-9(8)11(13)16-10(7)12/h8,14H,2-6H2,1H3. The minimum atomic E-state index is 0.343. The van der Waals surface area contributed by atoms with Crippen LogP contribution in [0.15, 0.2) is 0 Å². The Bertz CT molecular complexity index is 367. The monoisotopic (exact) mass is 279 g/mol. The summed E-state index contributed by atoms with van der Waals surface area (Å²) in [5.74, 6) is 0. The Labute approximate surface area is 110 Å². The lowest BCUT2D eigenvalue weighted by Crippen LogP contribution is -2.27. The van der Waals surface area contributed by atoms with Crippen LogP contribution >= 0.6 is 34.5 Å². The molecule has 2 rings (SSSR count). The molecule has 1 aromatic heterocycles. The second-order valence-electron chi connectivity index (χ2n) is 3.93. The van der Waals surface area contributed by atoms with Crippen LogP contribution in [-0.2, 0) is 11.2 Å². The number of fused-ring (bicyclic) bond motifs is 1. The van der Waals surface area contributed by atoms with Gasteiger partial charge in [-0.3, -0.25) is 0 Å². The van der Waals surface area contributed by atoms with Crippen LogP contribution < -0.4 is 5.32 Å². The molecule has 1 unspecified atom stereocenters. The van der Waals surface area contributed by atoms with E-state index in [9.17, 15) is 0 Å². The third kappa shape index (κ3) is 2.54. The number of methoxy groups -OCH3 is 1. The predicted molar refractivity (Wildman–Crippen MR) is 69.9 cm³/mol. The second kappa shape index (κ2) is 5.69. The van der Waals surface area contributed by atoms with Crippen LogP contribution in [0.1, 0.15) is 30.0 Å². The highest BCUT2D eigenvalue weighted by atomic mass is 35.5. The van der Waals surface area contributed by atoms with Gasteiger partial charge in [0.05, 0.1) is 15.3 Å². The van der Waals surface area contributed by atoms with Crippen LogP contribution in [0, 0.1) is 0 Å². The molecule has 1 aliphatic carbocycles. The first-order valence-corrected chi connectivity index (χ1v) is 7.00. The molecule has 1 aliphatic rings. The van der Waals surface area contributed by atoms with Crippen LogP contribution in [0.5, 0.6) is 0 Å². The summed E-state index contributed by atoms with van der Waals surface area (Å²) >= 11 is 13.9. The molecule has 0 bridgehead atoms. The van der Waals surface area contributed by atoms with E-state index in [1.807, 2.05) is 0 Å². The molecule has 90 valence electrons. The largest absolute Gasteiger partial charge is 0.383 e. The number of thiophene rings is 1. The van der Waals surface area contributed by atoms with Gasteiger partial charge in [-0.25, -0.2) is 0 Å². The Hall–Kier alpha value is 0.200. The van der Waals surface area contributed by atoms with E-state index in [0.717, 1.165) is 34.7 Å². The zero-order chi connectivity index (χ0) is 11.5. The Kier molecular flexibility index (Phi) is 4.50. The van der Waals surface area contributed by atoms with Crippen LogP contribution in [-0.4, -0.2) is 20.3 Å². The van der Waals surface area contributed by atoms with Crippen molar-refractivity contribution in [2.24, 2.45) is 0 Å². The van der Waals surface area contributed by atoms with Gasteiger partial charge in [-0.05, 0) is 24.8 Å². The lowest BCUT2D eigenvalue weighted by molar-refractivity contribution is 0.194. The van der Waals surface area contributed by atoms with Crippen molar-refractivity contribution in [3.05, 3.63) is 19.8 Å². The molecule has 1 aromatic rings. The molecule has 0 fully saturated rings. The molecule has 1 N–H and O–H groups in total. The fraction of sp³-hybridized carbons (Fsp3) is 0.636. The number of ether oxygens (including phenoxy) is 1. The summed E-state index contributed by atoms with van der Waals surface area (Å²) in [6, 6.07) is 0.343. The van der Waals surface area contributed by atoms with Gasteiger partial charge >= 0.3 is 0 Å². The molecule has 0 spiro atoms. The van der Waals surface area contributed by atoms with E-state index >= 15 is 0 Å². The SMILES string of the molecule is COCCNC1CCCc2c(Cl)sc(Cl)c21. The van der Waals surface area contributed by atoms with Crippen LogP contribution in [0.3, 0.4) is 0 Å². The van der Waals surface area contributed by atoms with Crippen molar-refractivity contribution < 1.29 is 4.74 Å². The molecule has 1 atom stereocenters. The van der Waals surface area contributed by atoms with Gasteiger partial charge in [-0.1, -0.05) is 23.2 Å². The van der Waals surface area contributed by atoms with Crippen LogP contribution in [0.4, 0.5) is 0 Å². The maximum atomic E-state index is 6.23. The molecule has 0 saturated carbocycles. The fourth-order valence-corrected chi connectivity index (χ4v) is 4.06. The highest BCUT2D eigenvalue weighted by molar-refractivity contribution is 7.20. The molecule has 1 heterocycles. The Balaban J connectivity index is 2.13. The van der Waals surface area contributed by atoms with Gasteiger partial charge < -0.3 is 10.1 Å². The minimum absolute atomic E-state index is 0.343. The predicted octanol–water partition coefficient (Wildman–Crippen LogP) is 3.67. The average Bonchev–Trinajstić information content (AvgIpc) is 2.56. The molecule has 0 saturated heterocycles. The first-order chi connectivity index (χ1) is 7.74. The molecular formula is C11H15Cl2NOS. The maximum absolute atomic E-state index is 6.23. The molecular weight excluding hydrogens is 265 g/mol. The van der Waals surface area contributed by atoms with Crippen molar-refractivity contribution in [2.75, 3.05) is 20.3 Å². The van der Waals surface area contributed by atoms with Gasteiger partial charge in [-0.2, -0.15) is 0 Å². The van der Waals surface area contributed by atoms with Crippen molar-refractivity contribution in [2.45, 2.75) is 25.3 Å². The number of hydrogen-bond acceptors (Lipinski definition) is 3. The summed E-state index contributed by atoms with van der Waals surface area (Å²) in [6.45, 7) is 1.58. The Morgan fingerprint density at radius 2 is 2.25 bits per heavy atom. The molecule has 0 amide bonds. The van der Waals surface area contributed by atoms with Gasteiger partial charge in [0, 0.05) is 25.3 Å². The number of rotatable bonds is 4. The first kappa shape index (κ1) is 12.7. The summed E-state index contributed by atoms with van der Waals surface area (Å²) in [6.07, 6.45) is 3.35. The van der Waals surface area contributed by atoms with Gasteiger partial charge in [-0.15, -0.1) is 11.3 Å². The van der Waals surface area contributed by atoms with E-state index in [2.05, 4.69) is 5.32 Å². The van der Waals surface area contributed by atoms with Crippen LogP contribution in [0.2, 0.25) is 8.67 Å². The van der Waals surface area contributed by atoms with Gasteiger partial charge in [0.25, 0.3) is 0 Å². The number of halogens is 2. The molecule has 0 aromatic carbocycles. The maximum Gasteiger partial charge on any atom is 0.0994 e. The Morgan fingerprint density at radius 3 is 3.00 bits per heavy atom. The third-order valence-electron chi connectivity index (χ3n) is 2.92. The number of hydrogen-bond donors (Lipinski definition) is 1. The van der Waals surface area contributed by atoms with Crippen molar-refractivity contribution in [3.8, 4) is 0 Å². The second-order valence-corrected chi connectivity index (χ2v) is 6.16. The van der Waals surface area contributed by atoms with Crippen molar-refractivity contribution in [1.29, 1.82) is 0 Å². The van der Waals surface area contributed by atoms with Crippen LogP contribution in [0.25, 0.3) is 0 Å².